The van der Waals surface area contributed by atoms with E-state index in [0.29, 0.717) is 15.7 Å². The molecule has 0 saturated heterocycles. The van der Waals surface area contributed by atoms with Crippen LogP contribution in [0, 0.1) is 0 Å². The number of rotatable bonds is 3. The van der Waals surface area contributed by atoms with Crippen LogP contribution in [0.1, 0.15) is 12.6 Å². The summed E-state index contributed by atoms with van der Waals surface area (Å²) >= 11 is 11.7. The predicted molar refractivity (Wildman–Crippen MR) is 78.9 cm³/mol. The van der Waals surface area contributed by atoms with Gasteiger partial charge in [-0.3, -0.25) is 9.78 Å². The number of aromatic nitrogens is 1. The van der Waals surface area contributed by atoms with Crippen molar-refractivity contribution in [3.63, 3.8) is 0 Å². The summed E-state index contributed by atoms with van der Waals surface area (Å²) in [5, 5.41) is 13.6. The minimum atomic E-state index is -1.74. The van der Waals surface area contributed by atoms with Crippen molar-refractivity contribution in [3.8, 4) is 0 Å². The number of anilines is 1. The summed E-state index contributed by atoms with van der Waals surface area (Å²) in [5.41, 5.74) is -1.04. The third kappa shape index (κ3) is 3.10. The van der Waals surface area contributed by atoms with Gasteiger partial charge in [0.25, 0.3) is 5.91 Å². The van der Waals surface area contributed by atoms with E-state index in [9.17, 15) is 9.90 Å². The largest absolute Gasteiger partial charge is 0.374 e. The van der Waals surface area contributed by atoms with Gasteiger partial charge in [0.05, 0.1) is 15.7 Å². The molecule has 1 aromatic carbocycles. The number of benzene rings is 1. The number of amides is 1. The van der Waals surface area contributed by atoms with Crippen molar-refractivity contribution < 1.29 is 9.90 Å². The molecule has 0 saturated carbocycles. The Kier molecular flexibility index (Phi) is 4.28. The van der Waals surface area contributed by atoms with Crippen LogP contribution in [0.25, 0.3) is 0 Å². The summed E-state index contributed by atoms with van der Waals surface area (Å²) in [7, 11) is 0. The topological polar surface area (TPSA) is 62.2 Å². The minimum absolute atomic E-state index is 0.262. The van der Waals surface area contributed by atoms with Crippen LogP contribution in [0.2, 0.25) is 10.0 Å². The Hall–Kier alpha value is -1.62. The van der Waals surface area contributed by atoms with E-state index in [0.717, 1.165) is 0 Å². The summed E-state index contributed by atoms with van der Waals surface area (Å²) in [6, 6.07) is 9.65. The van der Waals surface area contributed by atoms with Crippen LogP contribution >= 0.6 is 23.2 Å². The maximum Gasteiger partial charge on any atom is 0.262 e. The molecule has 2 aromatic rings. The van der Waals surface area contributed by atoms with E-state index < -0.39 is 11.5 Å². The van der Waals surface area contributed by atoms with Crippen molar-refractivity contribution in [3.05, 3.63) is 58.3 Å². The second-order valence-corrected chi connectivity index (χ2v) is 5.18. The van der Waals surface area contributed by atoms with Gasteiger partial charge in [0.15, 0.2) is 5.60 Å². The molecule has 1 aromatic heterocycles. The van der Waals surface area contributed by atoms with Crippen LogP contribution in [0.4, 0.5) is 5.69 Å². The van der Waals surface area contributed by atoms with Gasteiger partial charge in [-0.2, -0.15) is 0 Å². The van der Waals surface area contributed by atoms with Crippen LogP contribution in [-0.4, -0.2) is 16.0 Å². The fourth-order valence-electron chi connectivity index (χ4n) is 1.59. The van der Waals surface area contributed by atoms with Crippen LogP contribution in [-0.2, 0) is 10.4 Å². The van der Waals surface area contributed by atoms with Crippen molar-refractivity contribution >= 4 is 34.8 Å². The number of pyridine rings is 1. The smallest absolute Gasteiger partial charge is 0.262 e. The van der Waals surface area contributed by atoms with Crippen molar-refractivity contribution in [1.82, 2.24) is 4.98 Å². The summed E-state index contributed by atoms with van der Waals surface area (Å²) in [5.74, 6) is -0.602. The van der Waals surface area contributed by atoms with Gasteiger partial charge >= 0.3 is 0 Å². The zero-order valence-electron chi connectivity index (χ0n) is 10.6. The van der Waals surface area contributed by atoms with Crippen molar-refractivity contribution in [1.29, 1.82) is 0 Å². The molecule has 0 aliphatic heterocycles. The van der Waals surface area contributed by atoms with E-state index >= 15 is 0 Å². The molecular formula is C14H12Cl2N2O2. The highest BCUT2D eigenvalue weighted by Gasteiger charge is 2.33. The molecule has 0 bridgehead atoms. The van der Waals surface area contributed by atoms with Gasteiger partial charge in [0, 0.05) is 11.9 Å². The SMILES string of the molecule is CC(O)(C(=O)Nc1ccc(Cl)c(Cl)c1)c1ccccn1. The monoisotopic (exact) mass is 310 g/mol. The third-order valence-electron chi connectivity index (χ3n) is 2.78. The van der Waals surface area contributed by atoms with E-state index in [1.165, 1.54) is 19.2 Å². The summed E-state index contributed by atoms with van der Waals surface area (Å²) in [6.07, 6.45) is 1.51. The van der Waals surface area contributed by atoms with E-state index in [-0.39, 0.29) is 5.69 Å². The lowest BCUT2D eigenvalue weighted by Crippen LogP contribution is -2.38. The Bertz CT molecular complexity index is 630. The van der Waals surface area contributed by atoms with Gasteiger partial charge in [-0.1, -0.05) is 29.3 Å². The van der Waals surface area contributed by atoms with Gasteiger partial charge in [-0.25, -0.2) is 0 Å². The van der Waals surface area contributed by atoms with Crippen LogP contribution in [0.15, 0.2) is 42.6 Å². The molecular weight excluding hydrogens is 299 g/mol. The number of hydrogen-bond donors (Lipinski definition) is 2. The maximum absolute atomic E-state index is 12.2. The highest BCUT2D eigenvalue weighted by molar-refractivity contribution is 6.42. The molecule has 1 unspecified atom stereocenters. The second-order valence-electron chi connectivity index (χ2n) is 4.37. The maximum atomic E-state index is 12.2. The molecule has 0 fully saturated rings. The van der Waals surface area contributed by atoms with Crippen LogP contribution < -0.4 is 5.32 Å². The molecule has 0 radical (unpaired) electrons. The van der Waals surface area contributed by atoms with E-state index in [1.54, 1.807) is 30.3 Å². The average Bonchev–Trinajstić information content (AvgIpc) is 2.44. The molecule has 1 amide bonds. The third-order valence-corrected chi connectivity index (χ3v) is 3.52. The van der Waals surface area contributed by atoms with Gasteiger partial charge < -0.3 is 10.4 Å². The highest BCUT2D eigenvalue weighted by atomic mass is 35.5. The summed E-state index contributed by atoms with van der Waals surface area (Å²) in [4.78, 5) is 16.1. The Morgan fingerprint density at radius 1 is 1.25 bits per heavy atom. The summed E-state index contributed by atoms with van der Waals surface area (Å²) < 4.78 is 0. The number of nitrogens with one attached hydrogen (secondary N) is 1. The Morgan fingerprint density at radius 3 is 2.60 bits per heavy atom. The minimum Gasteiger partial charge on any atom is -0.374 e. The standard InChI is InChI=1S/C14H12Cl2N2O2/c1-14(20,12-4-2-3-7-17-12)13(19)18-9-5-6-10(15)11(16)8-9/h2-8,20H,1H3,(H,18,19). The Labute approximate surface area is 126 Å². The molecule has 6 heteroatoms. The number of nitrogens with zero attached hydrogens (tertiary/aromatic N) is 1. The van der Waals surface area contributed by atoms with Gasteiger partial charge in [-0.15, -0.1) is 0 Å². The first-order valence-electron chi connectivity index (χ1n) is 5.81. The summed E-state index contributed by atoms with van der Waals surface area (Å²) in [6.45, 7) is 1.38. The fraction of sp³-hybridized carbons (Fsp3) is 0.143. The first kappa shape index (κ1) is 14.8. The molecule has 104 valence electrons. The second kappa shape index (κ2) is 5.79. The zero-order chi connectivity index (χ0) is 14.8. The van der Waals surface area contributed by atoms with E-state index in [4.69, 9.17) is 23.2 Å². The van der Waals surface area contributed by atoms with Gasteiger partial charge in [0.1, 0.15) is 0 Å². The molecule has 0 spiro atoms. The number of carbonyl (C=O) groups is 1. The normalized spacial score (nSPS) is 13.6. The number of aliphatic hydroxyl groups is 1. The fourth-order valence-corrected chi connectivity index (χ4v) is 1.89. The van der Waals surface area contributed by atoms with Gasteiger partial charge in [-0.05, 0) is 37.3 Å². The molecule has 0 aliphatic rings. The first-order chi connectivity index (χ1) is 9.41. The number of carbonyl (C=O) groups excluding carboxylic acids is 1. The Morgan fingerprint density at radius 2 is 2.00 bits per heavy atom. The van der Waals surface area contributed by atoms with Crippen molar-refractivity contribution in [2.24, 2.45) is 0 Å². The number of halogens is 2. The van der Waals surface area contributed by atoms with Crippen LogP contribution in [0.3, 0.4) is 0 Å². The first-order valence-corrected chi connectivity index (χ1v) is 6.57. The molecule has 1 heterocycles. The molecule has 0 aliphatic carbocycles. The zero-order valence-corrected chi connectivity index (χ0v) is 12.1. The quantitative estimate of drug-likeness (QED) is 0.915. The molecule has 2 N–H and O–H groups in total. The van der Waals surface area contributed by atoms with Crippen LogP contribution in [0.5, 0.6) is 0 Å². The van der Waals surface area contributed by atoms with Crippen molar-refractivity contribution in [2.45, 2.75) is 12.5 Å². The Balaban J connectivity index is 2.21. The lowest BCUT2D eigenvalue weighted by molar-refractivity contribution is -0.133. The highest BCUT2D eigenvalue weighted by Crippen LogP contribution is 2.26. The lowest BCUT2D eigenvalue weighted by Gasteiger charge is -2.21. The van der Waals surface area contributed by atoms with Crippen molar-refractivity contribution in [2.75, 3.05) is 5.32 Å². The average molecular weight is 311 g/mol. The molecule has 2 rings (SSSR count). The lowest BCUT2D eigenvalue weighted by atomic mass is 10.0. The van der Waals surface area contributed by atoms with E-state index in [1.807, 2.05) is 0 Å². The predicted octanol–water partition coefficient (Wildman–Crippen LogP) is 3.23. The van der Waals surface area contributed by atoms with Gasteiger partial charge in [0.2, 0.25) is 0 Å². The molecule has 1 atom stereocenters. The molecule has 20 heavy (non-hydrogen) atoms. The van der Waals surface area contributed by atoms with E-state index in [2.05, 4.69) is 10.3 Å². The molecule has 4 nitrogen and oxygen atoms in total. The number of hydrogen-bond acceptors (Lipinski definition) is 3.